The Hall–Kier alpha value is -3.24. The Kier molecular flexibility index (Phi) is 7.23. The Labute approximate surface area is 205 Å². The number of piperazine rings is 1. The number of nitrogens with zero attached hydrogens (tertiary/aromatic N) is 5. The maximum Gasteiger partial charge on any atom is 0.416 e. The van der Waals surface area contributed by atoms with Gasteiger partial charge in [0.25, 0.3) is 5.91 Å². The summed E-state index contributed by atoms with van der Waals surface area (Å²) in [5.41, 5.74) is 1.05. The van der Waals surface area contributed by atoms with Crippen LogP contribution >= 0.6 is 11.6 Å². The molecule has 0 saturated carbocycles. The van der Waals surface area contributed by atoms with Crippen LogP contribution in [0.4, 0.5) is 19.0 Å². The molecule has 1 fully saturated rings. The SMILES string of the molecule is CC[C@H](O)C(=O)N1CCN(c2cnc(-c3ccc(C(F)(F)F)cc3)c(-c3ccncc3Cl)n2)CC1. The number of aliphatic hydroxyl groups excluding tert-OH is 1. The lowest BCUT2D eigenvalue weighted by Crippen LogP contribution is -2.51. The molecule has 7 nitrogen and oxygen atoms in total. The second kappa shape index (κ2) is 10.2. The number of alkyl halides is 3. The highest BCUT2D eigenvalue weighted by Gasteiger charge is 2.30. The van der Waals surface area contributed by atoms with Gasteiger partial charge in [-0.1, -0.05) is 30.7 Å². The van der Waals surface area contributed by atoms with Crippen molar-refractivity contribution in [2.75, 3.05) is 31.1 Å². The first kappa shape index (κ1) is 24.9. The van der Waals surface area contributed by atoms with Crippen molar-refractivity contribution >= 4 is 23.3 Å². The molecular weight excluding hydrogens is 483 g/mol. The van der Waals surface area contributed by atoms with Crippen molar-refractivity contribution in [2.45, 2.75) is 25.6 Å². The van der Waals surface area contributed by atoms with Crippen molar-refractivity contribution in [3.63, 3.8) is 0 Å². The Morgan fingerprint density at radius 1 is 1.09 bits per heavy atom. The van der Waals surface area contributed by atoms with Gasteiger partial charge >= 0.3 is 6.18 Å². The summed E-state index contributed by atoms with van der Waals surface area (Å²) >= 11 is 6.38. The number of pyridine rings is 1. The number of benzene rings is 1. The van der Waals surface area contributed by atoms with Crippen molar-refractivity contribution in [2.24, 2.45) is 0 Å². The molecule has 1 aliphatic rings. The van der Waals surface area contributed by atoms with Gasteiger partial charge in [0.15, 0.2) is 0 Å². The second-order valence-corrected chi connectivity index (χ2v) is 8.50. The molecule has 1 aliphatic heterocycles. The van der Waals surface area contributed by atoms with Crippen molar-refractivity contribution < 1.29 is 23.1 Å². The van der Waals surface area contributed by atoms with E-state index in [1.54, 1.807) is 30.3 Å². The lowest BCUT2D eigenvalue weighted by Gasteiger charge is -2.36. The van der Waals surface area contributed by atoms with E-state index in [9.17, 15) is 23.1 Å². The van der Waals surface area contributed by atoms with E-state index in [0.29, 0.717) is 66.0 Å². The van der Waals surface area contributed by atoms with Crippen LogP contribution < -0.4 is 4.90 Å². The molecule has 0 unspecified atom stereocenters. The number of carbonyl (C=O) groups excluding carboxylic acids is 1. The first-order valence-electron chi connectivity index (χ1n) is 11.1. The van der Waals surface area contributed by atoms with Crippen LogP contribution in [0.2, 0.25) is 5.02 Å². The average molecular weight is 506 g/mol. The monoisotopic (exact) mass is 505 g/mol. The molecule has 3 aromatic rings. The molecule has 0 aliphatic carbocycles. The zero-order valence-electron chi connectivity index (χ0n) is 18.8. The third-order valence-corrected chi connectivity index (χ3v) is 6.16. The van der Waals surface area contributed by atoms with Crippen LogP contribution in [0.15, 0.2) is 48.9 Å². The van der Waals surface area contributed by atoms with Crippen LogP contribution in [0, 0.1) is 0 Å². The molecule has 1 aromatic carbocycles. The summed E-state index contributed by atoms with van der Waals surface area (Å²) in [6, 6.07) is 6.39. The van der Waals surface area contributed by atoms with Crippen LogP contribution in [0.25, 0.3) is 22.5 Å². The van der Waals surface area contributed by atoms with Crippen molar-refractivity contribution in [3.05, 3.63) is 59.5 Å². The van der Waals surface area contributed by atoms with Crippen molar-refractivity contribution in [1.82, 2.24) is 19.9 Å². The van der Waals surface area contributed by atoms with Gasteiger partial charge in [-0.2, -0.15) is 13.2 Å². The van der Waals surface area contributed by atoms with E-state index in [-0.39, 0.29) is 5.91 Å². The summed E-state index contributed by atoms with van der Waals surface area (Å²) in [6.45, 7) is 3.56. The van der Waals surface area contributed by atoms with Gasteiger partial charge in [0.2, 0.25) is 0 Å². The lowest BCUT2D eigenvalue weighted by molar-refractivity contribution is -0.140. The largest absolute Gasteiger partial charge is 0.416 e. The molecule has 2 aromatic heterocycles. The fourth-order valence-corrected chi connectivity index (χ4v) is 4.07. The lowest BCUT2D eigenvalue weighted by atomic mass is 10.0. The average Bonchev–Trinajstić information content (AvgIpc) is 2.87. The zero-order valence-corrected chi connectivity index (χ0v) is 19.6. The molecule has 0 radical (unpaired) electrons. The van der Waals surface area contributed by atoms with E-state index < -0.39 is 17.8 Å². The number of anilines is 1. The zero-order chi connectivity index (χ0) is 25.2. The topological polar surface area (TPSA) is 82.5 Å². The first-order valence-corrected chi connectivity index (χ1v) is 11.4. The predicted octanol–water partition coefficient (Wildman–Crippen LogP) is 4.30. The molecule has 1 atom stereocenters. The number of carbonyl (C=O) groups is 1. The summed E-state index contributed by atoms with van der Waals surface area (Å²) in [5, 5.41) is 10.2. The molecule has 4 rings (SSSR count). The van der Waals surface area contributed by atoms with Crippen molar-refractivity contribution in [1.29, 1.82) is 0 Å². The van der Waals surface area contributed by atoms with Crippen LogP contribution in [-0.2, 0) is 11.0 Å². The molecule has 184 valence electrons. The molecule has 1 N–H and O–H groups in total. The summed E-state index contributed by atoms with van der Waals surface area (Å²) in [5.74, 6) is 0.256. The normalized spacial score (nSPS) is 15.3. The highest BCUT2D eigenvalue weighted by Crippen LogP contribution is 2.36. The first-order chi connectivity index (χ1) is 16.7. The minimum atomic E-state index is -4.44. The molecule has 3 heterocycles. The predicted molar refractivity (Wildman–Crippen MR) is 126 cm³/mol. The standard InChI is InChI=1S/C24H23ClF3N5O2/c1-2-19(34)23(35)33-11-9-32(10-12-33)20-14-30-21(15-3-5-16(6-4-15)24(26,27)28)22(31-20)17-7-8-29-13-18(17)25/h3-8,13-14,19,34H,2,9-12H2,1H3/t19-/m0/s1. The van der Waals surface area contributed by atoms with E-state index in [0.717, 1.165) is 12.1 Å². The fourth-order valence-electron chi connectivity index (χ4n) is 3.86. The van der Waals surface area contributed by atoms with E-state index in [2.05, 4.69) is 9.97 Å². The number of aromatic nitrogens is 3. The van der Waals surface area contributed by atoms with Gasteiger partial charge < -0.3 is 14.9 Å². The molecule has 0 spiro atoms. The number of aliphatic hydroxyl groups is 1. The molecule has 1 saturated heterocycles. The van der Waals surface area contributed by atoms with Crippen LogP contribution in [0.5, 0.6) is 0 Å². The Balaban J connectivity index is 1.66. The molecule has 35 heavy (non-hydrogen) atoms. The van der Waals surface area contributed by atoms with Crippen LogP contribution in [-0.4, -0.2) is 63.1 Å². The van der Waals surface area contributed by atoms with Crippen LogP contribution in [0.1, 0.15) is 18.9 Å². The van der Waals surface area contributed by atoms with Gasteiger partial charge in [-0.15, -0.1) is 0 Å². The highest BCUT2D eigenvalue weighted by atomic mass is 35.5. The molecule has 0 bridgehead atoms. The maximum atomic E-state index is 13.0. The fraction of sp³-hybridized carbons (Fsp3) is 0.333. The molecular formula is C24H23ClF3N5O2. The number of halogens is 4. The van der Waals surface area contributed by atoms with Gasteiger partial charge in [0.05, 0.1) is 22.5 Å². The number of rotatable bonds is 5. The van der Waals surface area contributed by atoms with E-state index in [1.165, 1.54) is 18.3 Å². The third-order valence-electron chi connectivity index (χ3n) is 5.86. The third kappa shape index (κ3) is 5.38. The van der Waals surface area contributed by atoms with Crippen molar-refractivity contribution in [3.8, 4) is 22.5 Å². The maximum absolute atomic E-state index is 13.0. The Morgan fingerprint density at radius 3 is 2.37 bits per heavy atom. The van der Waals surface area contributed by atoms with Gasteiger partial charge in [-0.05, 0) is 24.6 Å². The van der Waals surface area contributed by atoms with Gasteiger partial charge in [0, 0.05) is 49.7 Å². The summed E-state index contributed by atoms with van der Waals surface area (Å²) in [7, 11) is 0. The highest BCUT2D eigenvalue weighted by molar-refractivity contribution is 6.33. The number of hydrogen-bond donors (Lipinski definition) is 1. The number of hydrogen-bond acceptors (Lipinski definition) is 6. The molecule has 11 heteroatoms. The number of amides is 1. The molecule has 1 amide bonds. The Morgan fingerprint density at radius 2 is 1.77 bits per heavy atom. The minimum Gasteiger partial charge on any atom is -0.383 e. The van der Waals surface area contributed by atoms with Gasteiger partial charge in [-0.25, -0.2) is 4.98 Å². The van der Waals surface area contributed by atoms with E-state index >= 15 is 0 Å². The summed E-state index contributed by atoms with van der Waals surface area (Å²) in [4.78, 5) is 29.2. The quantitative estimate of drug-likeness (QED) is 0.557. The van der Waals surface area contributed by atoms with Gasteiger partial charge in [-0.3, -0.25) is 14.8 Å². The summed E-state index contributed by atoms with van der Waals surface area (Å²) in [6.07, 6.45) is -0.525. The Bertz CT molecular complexity index is 1200. The van der Waals surface area contributed by atoms with Crippen LogP contribution in [0.3, 0.4) is 0 Å². The van der Waals surface area contributed by atoms with E-state index in [4.69, 9.17) is 16.6 Å². The van der Waals surface area contributed by atoms with E-state index in [1.807, 2.05) is 4.90 Å². The smallest absolute Gasteiger partial charge is 0.383 e. The minimum absolute atomic E-state index is 0.292. The second-order valence-electron chi connectivity index (χ2n) is 8.09. The van der Waals surface area contributed by atoms with Gasteiger partial charge in [0.1, 0.15) is 17.6 Å². The summed E-state index contributed by atoms with van der Waals surface area (Å²) < 4.78 is 39.1.